The molecule has 0 N–H and O–H groups in total. The van der Waals surface area contributed by atoms with E-state index >= 15 is 0 Å². The quantitative estimate of drug-likeness (QED) is 0.342. The molecule has 1 rings (SSSR count). The Morgan fingerprint density at radius 2 is 2.45 bits per heavy atom. The standard InChI is InChI=1S/C7H13N3O/c1-7(2)3-6(11-5-7)4-9-10-8/h6H,3-5H2,1-2H3/t6-/m0/s1. The minimum atomic E-state index is 0.140. The molecule has 4 heteroatoms. The van der Waals surface area contributed by atoms with Gasteiger partial charge in [0, 0.05) is 4.91 Å². The number of nitrogens with zero attached hydrogens (tertiary/aromatic N) is 3. The van der Waals surface area contributed by atoms with Gasteiger partial charge in [0.05, 0.1) is 19.3 Å². The third-order valence-electron chi connectivity index (χ3n) is 1.84. The Hall–Kier alpha value is -0.730. The SMILES string of the molecule is CC1(C)CO[C@H](CN=[N+]=[N-])C1. The Bertz CT molecular complexity index is 184. The minimum absolute atomic E-state index is 0.140. The molecular weight excluding hydrogens is 142 g/mol. The summed E-state index contributed by atoms with van der Waals surface area (Å²) in [6.07, 6.45) is 1.13. The molecule has 1 fully saturated rings. The molecule has 11 heavy (non-hydrogen) atoms. The van der Waals surface area contributed by atoms with Crippen LogP contribution in [0.15, 0.2) is 5.11 Å². The second-order valence-electron chi connectivity index (χ2n) is 3.71. The van der Waals surface area contributed by atoms with E-state index in [1.165, 1.54) is 0 Å². The van der Waals surface area contributed by atoms with Crippen molar-refractivity contribution in [3.63, 3.8) is 0 Å². The molecule has 1 atom stereocenters. The van der Waals surface area contributed by atoms with Gasteiger partial charge in [-0.15, -0.1) is 0 Å². The van der Waals surface area contributed by atoms with Crippen molar-refractivity contribution in [3.8, 4) is 0 Å². The first kappa shape index (κ1) is 8.37. The van der Waals surface area contributed by atoms with Crippen LogP contribution < -0.4 is 0 Å². The summed E-state index contributed by atoms with van der Waals surface area (Å²) >= 11 is 0. The van der Waals surface area contributed by atoms with Crippen molar-refractivity contribution in [3.05, 3.63) is 10.4 Å². The van der Waals surface area contributed by atoms with Crippen molar-refractivity contribution in [1.82, 2.24) is 0 Å². The maximum absolute atomic E-state index is 8.06. The fraction of sp³-hybridized carbons (Fsp3) is 1.00. The number of ether oxygens (including phenoxy) is 1. The Morgan fingerprint density at radius 1 is 1.73 bits per heavy atom. The minimum Gasteiger partial charge on any atom is -0.378 e. The van der Waals surface area contributed by atoms with Crippen molar-refractivity contribution in [1.29, 1.82) is 0 Å². The van der Waals surface area contributed by atoms with E-state index in [9.17, 15) is 0 Å². The Balaban J connectivity index is 2.36. The monoisotopic (exact) mass is 155 g/mol. The maximum atomic E-state index is 8.06. The van der Waals surface area contributed by atoms with E-state index in [1.807, 2.05) is 0 Å². The van der Waals surface area contributed by atoms with E-state index in [-0.39, 0.29) is 11.5 Å². The van der Waals surface area contributed by atoms with Crippen LogP contribution in [0.4, 0.5) is 0 Å². The van der Waals surface area contributed by atoms with Crippen LogP contribution in [-0.2, 0) is 4.74 Å². The first-order valence-electron chi connectivity index (χ1n) is 3.76. The maximum Gasteiger partial charge on any atom is 0.0637 e. The highest BCUT2D eigenvalue weighted by atomic mass is 16.5. The lowest BCUT2D eigenvalue weighted by Crippen LogP contribution is -2.11. The van der Waals surface area contributed by atoms with E-state index in [4.69, 9.17) is 10.3 Å². The molecule has 0 aromatic heterocycles. The molecule has 0 spiro atoms. The normalized spacial score (nSPS) is 28.0. The highest BCUT2D eigenvalue weighted by Crippen LogP contribution is 2.31. The summed E-state index contributed by atoms with van der Waals surface area (Å²) in [6.45, 7) is 5.56. The largest absolute Gasteiger partial charge is 0.378 e. The fourth-order valence-electron chi connectivity index (χ4n) is 1.32. The lowest BCUT2D eigenvalue weighted by molar-refractivity contribution is 0.105. The summed E-state index contributed by atoms with van der Waals surface area (Å²) in [5.74, 6) is 0. The zero-order valence-corrected chi connectivity index (χ0v) is 6.95. The molecule has 0 radical (unpaired) electrons. The Morgan fingerprint density at radius 3 is 2.91 bits per heavy atom. The third-order valence-corrected chi connectivity index (χ3v) is 1.84. The van der Waals surface area contributed by atoms with Crippen molar-refractivity contribution in [2.24, 2.45) is 10.5 Å². The summed E-state index contributed by atoms with van der Waals surface area (Å²) in [4.78, 5) is 2.69. The van der Waals surface area contributed by atoms with Gasteiger partial charge in [-0.3, -0.25) is 0 Å². The average Bonchev–Trinajstić information content (AvgIpc) is 2.26. The summed E-state index contributed by atoms with van der Waals surface area (Å²) in [5, 5.41) is 3.47. The van der Waals surface area contributed by atoms with E-state index < -0.39 is 0 Å². The molecule has 0 aliphatic carbocycles. The van der Waals surface area contributed by atoms with Crippen LogP contribution in [0.25, 0.3) is 10.4 Å². The summed E-state index contributed by atoms with van der Waals surface area (Å²) in [7, 11) is 0. The van der Waals surface area contributed by atoms with Gasteiger partial charge in [-0.05, 0) is 17.4 Å². The van der Waals surface area contributed by atoms with Crippen LogP contribution in [0.1, 0.15) is 20.3 Å². The van der Waals surface area contributed by atoms with Gasteiger partial charge in [-0.1, -0.05) is 19.0 Å². The van der Waals surface area contributed by atoms with Crippen molar-refractivity contribution >= 4 is 0 Å². The molecule has 0 amide bonds. The van der Waals surface area contributed by atoms with Crippen LogP contribution >= 0.6 is 0 Å². The van der Waals surface area contributed by atoms with Crippen LogP contribution in [-0.4, -0.2) is 19.3 Å². The highest BCUT2D eigenvalue weighted by Gasteiger charge is 2.31. The van der Waals surface area contributed by atoms with Gasteiger partial charge in [0.2, 0.25) is 0 Å². The average molecular weight is 155 g/mol. The first-order chi connectivity index (χ1) is 5.14. The Kier molecular flexibility index (Phi) is 2.37. The van der Waals surface area contributed by atoms with Crippen LogP contribution in [0, 0.1) is 5.41 Å². The molecule has 0 aromatic rings. The summed E-state index contributed by atoms with van der Waals surface area (Å²) in [5.41, 5.74) is 8.32. The number of rotatable bonds is 2. The molecule has 0 saturated carbocycles. The first-order valence-corrected chi connectivity index (χ1v) is 3.76. The van der Waals surface area contributed by atoms with E-state index in [2.05, 4.69) is 23.9 Å². The third kappa shape index (κ3) is 2.41. The summed E-state index contributed by atoms with van der Waals surface area (Å²) < 4.78 is 5.41. The molecule has 0 aromatic carbocycles. The van der Waals surface area contributed by atoms with Crippen molar-refractivity contribution in [2.45, 2.75) is 26.4 Å². The number of hydrogen-bond acceptors (Lipinski definition) is 2. The number of hydrogen-bond donors (Lipinski definition) is 0. The lowest BCUT2D eigenvalue weighted by Gasteiger charge is -2.12. The molecule has 0 bridgehead atoms. The van der Waals surface area contributed by atoms with Gasteiger partial charge in [0.15, 0.2) is 0 Å². The Labute approximate surface area is 66.2 Å². The molecule has 4 nitrogen and oxygen atoms in total. The molecule has 0 unspecified atom stereocenters. The van der Waals surface area contributed by atoms with Crippen LogP contribution in [0.5, 0.6) is 0 Å². The molecular formula is C7H13N3O. The van der Waals surface area contributed by atoms with Crippen molar-refractivity contribution in [2.75, 3.05) is 13.2 Å². The van der Waals surface area contributed by atoms with Crippen LogP contribution in [0.2, 0.25) is 0 Å². The van der Waals surface area contributed by atoms with E-state index in [0.717, 1.165) is 13.0 Å². The van der Waals surface area contributed by atoms with E-state index in [1.54, 1.807) is 0 Å². The number of azide groups is 1. The topological polar surface area (TPSA) is 58.0 Å². The van der Waals surface area contributed by atoms with Gasteiger partial charge in [-0.2, -0.15) is 0 Å². The second-order valence-corrected chi connectivity index (χ2v) is 3.71. The van der Waals surface area contributed by atoms with Crippen LogP contribution in [0.3, 0.4) is 0 Å². The molecule has 62 valence electrons. The predicted octanol–water partition coefficient (Wildman–Crippen LogP) is 2.11. The molecule has 1 aliphatic rings. The van der Waals surface area contributed by atoms with Gasteiger partial charge in [0.1, 0.15) is 0 Å². The molecule has 1 heterocycles. The lowest BCUT2D eigenvalue weighted by atomic mass is 9.91. The predicted molar refractivity (Wildman–Crippen MR) is 42.2 cm³/mol. The van der Waals surface area contributed by atoms with Gasteiger partial charge >= 0.3 is 0 Å². The highest BCUT2D eigenvalue weighted by molar-refractivity contribution is 4.81. The summed E-state index contributed by atoms with van der Waals surface area (Å²) in [6, 6.07) is 0. The van der Waals surface area contributed by atoms with E-state index in [0.29, 0.717) is 6.54 Å². The molecule has 1 aliphatic heterocycles. The van der Waals surface area contributed by atoms with Gasteiger partial charge in [-0.25, -0.2) is 0 Å². The zero-order valence-electron chi connectivity index (χ0n) is 6.95. The van der Waals surface area contributed by atoms with Gasteiger partial charge < -0.3 is 4.74 Å². The smallest absolute Gasteiger partial charge is 0.0637 e. The van der Waals surface area contributed by atoms with Crippen molar-refractivity contribution < 1.29 is 4.74 Å². The fourth-order valence-corrected chi connectivity index (χ4v) is 1.32. The molecule has 1 saturated heterocycles. The van der Waals surface area contributed by atoms with Gasteiger partial charge in [0.25, 0.3) is 0 Å². The second kappa shape index (κ2) is 3.11. The zero-order chi connectivity index (χ0) is 8.32.